The Kier molecular flexibility index (Phi) is 4.35. The van der Waals surface area contributed by atoms with Crippen LogP contribution < -0.4 is 0 Å². The number of fused-ring (bicyclic) bond motifs is 5. The maximum absolute atomic E-state index is 13.0. The van der Waals surface area contributed by atoms with E-state index in [2.05, 4.69) is 16.7 Å². The van der Waals surface area contributed by atoms with Gasteiger partial charge in [0, 0.05) is 32.2 Å². The predicted molar refractivity (Wildman–Crippen MR) is 105 cm³/mol. The lowest BCUT2D eigenvalue weighted by atomic mass is 9.83. The van der Waals surface area contributed by atoms with Crippen molar-refractivity contribution in [2.45, 2.75) is 51.6 Å². The van der Waals surface area contributed by atoms with Gasteiger partial charge in [-0.1, -0.05) is 18.6 Å². The van der Waals surface area contributed by atoms with E-state index in [9.17, 15) is 4.79 Å². The first kappa shape index (κ1) is 17.1. The van der Waals surface area contributed by atoms with Crippen LogP contribution in [0, 0.1) is 18.8 Å². The molecule has 0 unspecified atom stereocenters. The summed E-state index contributed by atoms with van der Waals surface area (Å²) in [6.45, 7) is 5.67. The molecule has 1 amide bonds. The predicted octanol–water partition coefficient (Wildman–Crippen LogP) is 3.16. The van der Waals surface area contributed by atoms with E-state index in [-0.39, 0.29) is 5.92 Å². The van der Waals surface area contributed by atoms with E-state index in [4.69, 9.17) is 9.97 Å². The van der Waals surface area contributed by atoms with E-state index in [0.29, 0.717) is 11.9 Å². The van der Waals surface area contributed by atoms with Crippen LogP contribution in [0.4, 0.5) is 0 Å². The fraction of sp³-hybridized carbons (Fsp3) is 0.591. The minimum absolute atomic E-state index is 0.164. The molecule has 2 atom stereocenters. The molecule has 1 aliphatic carbocycles. The standard InChI is InChI=1S/C22H28N4O/c1-15-21(24-20-8-3-2-7-19(20)23-15)14-25-12-17-9-10-18(13-25)26(22(17)27)11-16-5-4-6-16/h2-3,7-8,16-18H,4-6,9-14H2,1H3/t17-,18+/m0/s1. The molecule has 142 valence electrons. The minimum Gasteiger partial charge on any atom is -0.338 e. The van der Waals surface area contributed by atoms with Crippen molar-refractivity contribution >= 4 is 16.9 Å². The van der Waals surface area contributed by atoms with Crippen molar-refractivity contribution < 1.29 is 4.79 Å². The topological polar surface area (TPSA) is 49.3 Å². The number of amides is 1. The number of hydrogen-bond acceptors (Lipinski definition) is 4. The largest absolute Gasteiger partial charge is 0.338 e. The number of carbonyl (C=O) groups is 1. The Morgan fingerprint density at radius 1 is 1.04 bits per heavy atom. The SMILES string of the molecule is Cc1nc2ccccc2nc1CN1C[C@@H]2CC[C@H](C1)N(CC1CCC1)C2=O. The molecule has 1 aromatic carbocycles. The number of benzene rings is 1. The van der Waals surface area contributed by atoms with Gasteiger partial charge in [0.2, 0.25) is 5.91 Å². The molecule has 3 saturated heterocycles. The second-order valence-corrected chi connectivity index (χ2v) is 8.65. The first-order valence-electron chi connectivity index (χ1n) is 10.4. The molecule has 0 radical (unpaired) electrons. The van der Waals surface area contributed by atoms with E-state index < -0.39 is 0 Å². The quantitative estimate of drug-likeness (QED) is 0.836. The summed E-state index contributed by atoms with van der Waals surface area (Å²) in [5, 5.41) is 0. The Morgan fingerprint density at radius 3 is 2.56 bits per heavy atom. The van der Waals surface area contributed by atoms with Gasteiger partial charge in [0.1, 0.15) is 0 Å². The number of para-hydroxylation sites is 2. The Labute approximate surface area is 160 Å². The fourth-order valence-corrected chi connectivity index (χ4v) is 4.94. The van der Waals surface area contributed by atoms with Crippen LogP contribution in [0.2, 0.25) is 0 Å². The van der Waals surface area contributed by atoms with Crippen molar-refractivity contribution in [3.05, 3.63) is 35.7 Å². The van der Waals surface area contributed by atoms with Crippen molar-refractivity contribution in [1.29, 1.82) is 0 Å². The number of carbonyl (C=O) groups excluding carboxylic acids is 1. The maximum Gasteiger partial charge on any atom is 0.227 e. The van der Waals surface area contributed by atoms with Crippen molar-refractivity contribution in [3.8, 4) is 0 Å². The van der Waals surface area contributed by atoms with Gasteiger partial charge in [-0.15, -0.1) is 0 Å². The monoisotopic (exact) mass is 364 g/mol. The van der Waals surface area contributed by atoms with Gasteiger partial charge >= 0.3 is 0 Å². The van der Waals surface area contributed by atoms with Crippen LogP contribution in [0.5, 0.6) is 0 Å². The van der Waals surface area contributed by atoms with Gasteiger partial charge in [-0.25, -0.2) is 9.97 Å². The lowest BCUT2D eigenvalue weighted by Gasteiger charge is -2.40. The van der Waals surface area contributed by atoms with Crippen LogP contribution in [0.1, 0.15) is 43.5 Å². The summed E-state index contributed by atoms with van der Waals surface area (Å²) in [6.07, 6.45) is 6.14. The summed E-state index contributed by atoms with van der Waals surface area (Å²) >= 11 is 0. The van der Waals surface area contributed by atoms with Crippen molar-refractivity contribution in [2.75, 3.05) is 19.6 Å². The molecule has 27 heavy (non-hydrogen) atoms. The highest BCUT2D eigenvalue weighted by atomic mass is 16.2. The van der Waals surface area contributed by atoms with Crippen LogP contribution in [0.15, 0.2) is 24.3 Å². The summed E-state index contributed by atoms with van der Waals surface area (Å²) in [5.74, 6) is 1.31. The van der Waals surface area contributed by atoms with Crippen LogP contribution in [-0.4, -0.2) is 51.4 Å². The zero-order valence-corrected chi connectivity index (χ0v) is 16.1. The van der Waals surface area contributed by atoms with Gasteiger partial charge in [-0.3, -0.25) is 9.69 Å². The van der Waals surface area contributed by atoms with Gasteiger partial charge < -0.3 is 4.90 Å². The van der Waals surface area contributed by atoms with Crippen molar-refractivity contribution in [2.24, 2.45) is 11.8 Å². The number of rotatable bonds is 4. The van der Waals surface area contributed by atoms with Crippen molar-refractivity contribution in [3.63, 3.8) is 0 Å². The summed E-state index contributed by atoms with van der Waals surface area (Å²) in [6, 6.07) is 8.44. The lowest BCUT2D eigenvalue weighted by Crippen LogP contribution is -2.50. The third kappa shape index (κ3) is 3.22. The van der Waals surface area contributed by atoms with E-state index in [1.807, 2.05) is 24.3 Å². The third-order valence-corrected chi connectivity index (χ3v) is 6.76. The Bertz CT molecular complexity index is 863. The Balaban J connectivity index is 1.36. The molecule has 6 rings (SSSR count). The summed E-state index contributed by atoms with van der Waals surface area (Å²) < 4.78 is 0. The molecule has 1 saturated carbocycles. The van der Waals surface area contributed by atoms with Crippen LogP contribution in [-0.2, 0) is 11.3 Å². The molecule has 1 aromatic heterocycles. The second-order valence-electron chi connectivity index (χ2n) is 8.65. The van der Waals surface area contributed by atoms with E-state index in [1.165, 1.54) is 19.3 Å². The number of nitrogens with zero attached hydrogens (tertiary/aromatic N) is 4. The van der Waals surface area contributed by atoms with Gasteiger partial charge in [-0.05, 0) is 50.7 Å². The molecule has 5 heteroatoms. The molecule has 3 aliphatic heterocycles. The van der Waals surface area contributed by atoms with E-state index in [1.54, 1.807) is 0 Å². The van der Waals surface area contributed by atoms with Gasteiger partial charge in [0.05, 0.1) is 28.3 Å². The van der Waals surface area contributed by atoms with Crippen LogP contribution in [0.3, 0.4) is 0 Å². The average molecular weight is 364 g/mol. The van der Waals surface area contributed by atoms with E-state index >= 15 is 0 Å². The molecule has 4 fully saturated rings. The van der Waals surface area contributed by atoms with Gasteiger partial charge in [0.25, 0.3) is 0 Å². The Morgan fingerprint density at radius 2 is 1.81 bits per heavy atom. The summed E-state index contributed by atoms with van der Waals surface area (Å²) in [5.41, 5.74) is 3.96. The molecule has 2 aromatic rings. The molecule has 0 N–H and O–H groups in total. The molecular formula is C22H28N4O. The molecular weight excluding hydrogens is 336 g/mol. The Hall–Kier alpha value is -2.01. The maximum atomic E-state index is 13.0. The normalized spacial score (nSPS) is 26.4. The number of aryl methyl sites for hydroxylation is 1. The average Bonchev–Trinajstić information content (AvgIpc) is 2.89. The third-order valence-electron chi connectivity index (χ3n) is 6.76. The summed E-state index contributed by atoms with van der Waals surface area (Å²) in [4.78, 5) is 27.3. The van der Waals surface area contributed by atoms with Crippen LogP contribution >= 0.6 is 0 Å². The van der Waals surface area contributed by atoms with Crippen molar-refractivity contribution in [1.82, 2.24) is 19.8 Å². The first-order chi connectivity index (χ1) is 13.2. The molecule has 0 spiro atoms. The van der Waals surface area contributed by atoms with E-state index in [0.717, 1.165) is 67.4 Å². The molecule has 2 bridgehead atoms. The fourth-order valence-electron chi connectivity index (χ4n) is 4.94. The smallest absolute Gasteiger partial charge is 0.227 e. The van der Waals surface area contributed by atoms with Gasteiger partial charge in [0.15, 0.2) is 0 Å². The molecule has 5 nitrogen and oxygen atoms in total. The first-order valence-corrected chi connectivity index (χ1v) is 10.4. The number of aromatic nitrogens is 2. The lowest BCUT2D eigenvalue weighted by molar-refractivity contribution is -0.141. The molecule has 4 heterocycles. The highest BCUT2D eigenvalue weighted by Crippen LogP contribution is 2.34. The second kappa shape index (κ2) is 6.86. The zero-order chi connectivity index (χ0) is 18.4. The minimum atomic E-state index is 0.164. The molecule has 4 aliphatic rings. The zero-order valence-electron chi connectivity index (χ0n) is 16.1. The summed E-state index contributed by atoms with van der Waals surface area (Å²) in [7, 11) is 0. The highest BCUT2D eigenvalue weighted by molar-refractivity contribution is 5.80. The number of piperidine rings is 1. The number of hydrogen-bond donors (Lipinski definition) is 0. The highest BCUT2D eigenvalue weighted by Gasteiger charge is 2.41. The van der Waals surface area contributed by atoms with Gasteiger partial charge in [-0.2, -0.15) is 0 Å². The van der Waals surface area contributed by atoms with Crippen LogP contribution in [0.25, 0.3) is 11.0 Å².